The van der Waals surface area contributed by atoms with Gasteiger partial charge in [-0.25, -0.2) is 0 Å². The third kappa shape index (κ3) is 28.3. The molecule has 6 atom stereocenters. The lowest BCUT2D eigenvalue weighted by Crippen LogP contribution is -2.60. The lowest BCUT2D eigenvalue weighted by molar-refractivity contribution is -0.297. The smallest absolute Gasteiger partial charge is 0.306 e. The van der Waals surface area contributed by atoms with Crippen LogP contribution < -0.4 is 0 Å². The summed E-state index contributed by atoms with van der Waals surface area (Å²) >= 11 is 0. The summed E-state index contributed by atoms with van der Waals surface area (Å²) in [7, 11) is -4.60. The van der Waals surface area contributed by atoms with Crippen molar-refractivity contribution < 1.29 is 56.8 Å². The molecule has 326 valence electrons. The monoisotopic (exact) mass is 817 g/mol. The van der Waals surface area contributed by atoms with Crippen molar-refractivity contribution in [2.24, 2.45) is 0 Å². The zero-order valence-corrected chi connectivity index (χ0v) is 35.3. The van der Waals surface area contributed by atoms with Crippen LogP contribution in [0.25, 0.3) is 0 Å². The molecule has 0 bridgehead atoms. The van der Waals surface area contributed by atoms with Crippen LogP contribution in [0.1, 0.15) is 168 Å². The van der Waals surface area contributed by atoms with Crippen molar-refractivity contribution in [2.45, 2.75) is 205 Å². The van der Waals surface area contributed by atoms with Gasteiger partial charge in [0.15, 0.2) is 12.4 Å². The standard InChI is InChI=1S/C43H76O12S/c1-3-5-7-9-11-13-15-17-18-20-21-23-25-27-29-31-38(44)52-33-36(34-53-43-42(48)41(47)40(46)37(55-43)35-56(49,50)51)54-39(45)32-30-28-26-24-22-19-16-14-12-10-8-6-4-2/h6,8,12,14,19,22,36-37,40-43,46-48H,3-5,7,9-11,13,15-18,20-21,23-35H2,1-2H3,(H,49,50,51)/b8-6-,14-12-,22-19-. The van der Waals surface area contributed by atoms with E-state index in [9.17, 15) is 37.9 Å². The van der Waals surface area contributed by atoms with Crippen LogP contribution in [0.15, 0.2) is 36.5 Å². The number of esters is 2. The number of hydrogen-bond acceptors (Lipinski definition) is 11. The molecular formula is C43H76O12S. The molecule has 12 nitrogen and oxygen atoms in total. The van der Waals surface area contributed by atoms with Crippen molar-refractivity contribution in [3.8, 4) is 0 Å². The van der Waals surface area contributed by atoms with Gasteiger partial charge >= 0.3 is 11.9 Å². The number of unbranched alkanes of at least 4 members (excludes halogenated alkanes) is 17. The lowest BCUT2D eigenvalue weighted by Gasteiger charge is -2.40. The first-order valence-corrected chi connectivity index (χ1v) is 23.2. The van der Waals surface area contributed by atoms with Gasteiger partial charge in [0.1, 0.15) is 36.8 Å². The molecule has 4 N–H and O–H groups in total. The summed E-state index contributed by atoms with van der Waals surface area (Å²) < 4.78 is 53.9. The van der Waals surface area contributed by atoms with Crippen LogP contribution >= 0.6 is 0 Å². The van der Waals surface area contributed by atoms with Gasteiger partial charge in [0.05, 0.1) is 6.61 Å². The SMILES string of the molecule is CC/C=C\C/C=C\C/C=C\CCCCCC(=O)OC(COC(=O)CCCCCCCCCCCCCCCCC)COC1OC(CS(=O)(=O)O)C(O)C(O)C1O. The van der Waals surface area contributed by atoms with Crippen LogP contribution in [0, 0.1) is 0 Å². The maximum Gasteiger partial charge on any atom is 0.306 e. The maximum absolute atomic E-state index is 12.8. The van der Waals surface area contributed by atoms with E-state index in [0.717, 1.165) is 57.8 Å². The number of hydrogen-bond donors (Lipinski definition) is 4. The highest BCUT2D eigenvalue weighted by Gasteiger charge is 2.46. The second-order valence-electron chi connectivity index (χ2n) is 15.0. The van der Waals surface area contributed by atoms with Crippen molar-refractivity contribution in [2.75, 3.05) is 19.0 Å². The molecule has 6 unspecified atom stereocenters. The Balaban J connectivity index is 2.48. The Morgan fingerprint density at radius 1 is 0.625 bits per heavy atom. The third-order valence-corrected chi connectivity index (χ3v) is 10.5. The molecule has 1 fully saturated rings. The Kier molecular flexibility index (Phi) is 31.3. The fourth-order valence-corrected chi connectivity index (χ4v) is 7.09. The summed E-state index contributed by atoms with van der Waals surface area (Å²) in [6.07, 6.45) is 27.7. The molecule has 0 aliphatic carbocycles. The van der Waals surface area contributed by atoms with Crippen LogP contribution in [0.5, 0.6) is 0 Å². The second-order valence-corrected chi connectivity index (χ2v) is 16.5. The lowest BCUT2D eigenvalue weighted by atomic mass is 10.00. The van der Waals surface area contributed by atoms with Crippen molar-refractivity contribution in [1.82, 2.24) is 0 Å². The van der Waals surface area contributed by atoms with E-state index in [2.05, 4.69) is 50.3 Å². The molecule has 1 heterocycles. The first-order chi connectivity index (χ1) is 27.0. The van der Waals surface area contributed by atoms with Gasteiger partial charge in [0, 0.05) is 12.8 Å². The first kappa shape index (κ1) is 51.9. The molecule has 1 aliphatic rings. The van der Waals surface area contributed by atoms with E-state index in [4.69, 9.17) is 18.9 Å². The minimum atomic E-state index is -4.60. The topological polar surface area (TPSA) is 186 Å². The van der Waals surface area contributed by atoms with Crippen molar-refractivity contribution in [3.63, 3.8) is 0 Å². The molecule has 0 aromatic carbocycles. The predicted octanol–water partition coefficient (Wildman–Crippen LogP) is 8.22. The van der Waals surface area contributed by atoms with E-state index in [-0.39, 0.29) is 19.4 Å². The summed E-state index contributed by atoms with van der Waals surface area (Å²) in [6, 6.07) is 0. The average molecular weight is 817 g/mol. The minimum absolute atomic E-state index is 0.130. The van der Waals surface area contributed by atoms with Gasteiger partial charge in [0.25, 0.3) is 10.1 Å². The van der Waals surface area contributed by atoms with Gasteiger partial charge in [-0.15, -0.1) is 0 Å². The molecule has 1 rings (SSSR count). The van der Waals surface area contributed by atoms with Crippen LogP contribution in [0.4, 0.5) is 0 Å². The summed E-state index contributed by atoms with van der Waals surface area (Å²) in [5.74, 6) is -2.02. The van der Waals surface area contributed by atoms with Gasteiger partial charge in [-0.3, -0.25) is 14.1 Å². The molecule has 0 saturated carbocycles. The van der Waals surface area contributed by atoms with Crippen LogP contribution in [-0.4, -0.2) is 96.0 Å². The number of ether oxygens (including phenoxy) is 4. The molecule has 13 heteroatoms. The Labute approximate surface area is 338 Å². The van der Waals surface area contributed by atoms with Gasteiger partial charge in [-0.2, -0.15) is 8.42 Å². The van der Waals surface area contributed by atoms with E-state index in [1.165, 1.54) is 70.6 Å². The first-order valence-electron chi connectivity index (χ1n) is 21.5. The fourth-order valence-electron chi connectivity index (χ4n) is 6.40. The minimum Gasteiger partial charge on any atom is -0.462 e. The largest absolute Gasteiger partial charge is 0.462 e. The summed E-state index contributed by atoms with van der Waals surface area (Å²) in [4.78, 5) is 25.3. The van der Waals surface area contributed by atoms with Gasteiger partial charge in [0.2, 0.25) is 0 Å². The molecule has 0 amide bonds. The maximum atomic E-state index is 12.8. The molecular weight excluding hydrogens is 741 g/mol. The highest BCUT2D eigenvalue weighted by Crippen LogP contribution is 2.24. The Morgan fingerprint density at radius 2 is 1.12 bits per heavy atom. The number of aliphatic hydroxyl groups excluding tert-OH is 3. The fraction of sp³-hybridized carbons (Fsp3) is 0.814. The number of carbonyl (C=O) groups is 2. The Morgan fingerprint density at radius 3 is 1.68 bits per heavy atom. The van der Waals surface area contributed by atoms with Crippen molar-refractivity contribution >= 4 is 22.1 Å². The van der Waals surface area contributed by atoms with Crippen LogP contribution in [-0.2, 0) is 38.7 Å². The molecule has 0 aromatic heterocycles. The zero-order valence-electron chi connectivity index (χ0n) is 34.5. The molecule has 1 aliphatic heterocycles. The van der Waals surface area contributed by atoms with Gasteiger partial charge in [-0.05, 0) is 44.9 Å². The number of rotatable bonds is 35. The summed E-state index contributed by atoms with van der Waals surface area (Å²) in [5.41, 5.74) is 0. The van der Waals surface area contributed by atoms with Gasteiger partial charge < -0.3 is 34.3 Å². The zero-order chi connectivity index (χ0) is 41.3. The molecule has 0 spiro atoms. The third-order valence-electron chi connectivity index (χ3n) is 9.73. The molecule has 0 aromatic rings. The summed E-state index contributed by atoms with van der Waals surface area (Å²) in [5, 5.41) is 30.8. The summed E-state index contributed by atoms with van der Waals surface area (Å²) in [6.45, 7) is 3.61. The number of allylic oxidation sites excluding steroid dienone is 6. The molecule has 0 radical (unpaired) electrons. The molecule has 1 saturated heterocycles. The Bertz CT molecular complexity index is 1190. The average Bonchev–Trinajstić information content (AvgIpc) is 3.16. The Hall–Kier alpha value is -2.13. The molecule has 56 heavy (non-hydrogen) atoms. The van der Waals surface area contributed by atoms with E-state index in [1.54, 1.807) is 0 Å². The second kappa shape index (κ2) is 33.8. The quantitative estimate of drug-likeness (QED) is 0.0208. The van der Waals surface area contributed by atoms with Gasteiger partial charge in [-0.1, -0.05) is 147 Å². The van der Waals surface area contributed by atoms with E-state index >= 15 is 0 Å². The van der Waals surface area contributed by atoms with Crippen LogP contribution in [0.3, 0.4) is 0 Å². The normalized spacial score (nSPS) is 21.0. The number of carbonyl (C=O) groups excluding carboxylic acids is 2. The van der Waals surface area contributed by atoms with E-state index in [0.29, 0.717) is 12.8 Å². The number of aliphatic hydroxyl groups is 3. The van der Waals surface area contributed by atoms with Crippen molar-refractivity contribution in [1.29, 1.82) is 0 Å². The highest BCUT2D eigenvalue weighted by molar-refractivity contribution is 7.85. The highest BCUT2D eigenvalue weighted by atomic mass is 32.2. The van der Waals surface area contributed by atoms with E-state index < -0.39 is 71.2 Å². The van der Waals surface area contributed by atoms with E-state index in [1.807, 2.05) is 0 Å². The predicted molar refractivity (Wildman–Crippen MR) is 219 cm³/mol. The van der Waals surface area contributed by atoms with Crippen LogP contribution in [0.2, 0.25) is 0 Å². The van der Waals surface area contributed by atoms with Crippen molar-refractivity contribution in [3.05, 3.63) is 36.5 Å².